The molecule has 0 aliphatic carbocycles. The van der Waals surface area contributed by atoms with E-state index in [0.29, 0.717) is 11.4 Å². The summed E-state index contributed by atoms with van der Waals surface area (Å²) in [6, 6.07) is 10.6. The second-order valence-electron chi connectivity index (χ2n) is 5.19. The predicted octanol–water partition coefficient (Wildman–Crippen LogP) is 3.80. The maximum absolute atomic E-state index is 13.4. The number of hydrogen-bond donors (Lipinski definition) is 1. The van der Waals surface area contributed by atoms with Crippen LogP contribution in [0, 0.1) is 5.82 Å². The van der Waals surface area contributed by atoms with E-state index >= 15 is 0 Å². The zero-order valence-electron chi connectivity index (χ0n) is 11.6. The van der Waals surface area contributed by atoms with Gasteiger partial charge >= 0.3 is 0 Å². The fourth-order valence-electron chi connectivity index (χ4n) is 2.60. The molecule has 22 heavy (non-hydrogen) atoms. The summed E-state index contributed by atoms with van der Waals surface area (Å²) in [4.78, 5) is 12.5. The minimum absolute atomic E-state index is 0.0531. The van der Waals surface area contributed by atoms with Crippen LogP contribution in [0.3, 0.4) is 0 Å². The van der Waals surface area contributed by atoms with Crippen molar-refractivity contribution in [2.45, 2.75) is 4.90 Å². The van der Waals surface area contributed by atoms with Crippen molar-refractivity contribution in [2.24, 2.45) is 0 Å². The molecule has 0 fully saturated rings. The van der Waals surface area contributed by atoms with Gasteiger partial charge in [-0.05, 0) is 53.1 Å². The number of rotatable bonds is 1. The van der Waals surface area contributed by atoms with E-state index < -0.39 is 0 Å². The van der Waals surface area contributed by atoms with Gasteiger partial charge in [0.25, 0.3) is 5.91 Å². The number of halogens is 1. The molecular weight excluding hydrogens is 301 g/mol. The third-order valence-electron chi connectivity index (χ3n) is 3.67. The first kappa shape index (κ1) is 13.4. The minimum Gasteiger partial charge on any atom is -0.482 e. The van der Waals surface area contributed by atoms with Crippen molar-refractivity contribution in [3.63, 3.8) is 0 Å². The molecule has 2 aliphatic heterocycles. The highest BCUT2D eigenvalue weighted by atomic mass is 32.2. The van der Waals surface area contributed by atoms with Crippen LogP contribution >= 0.6 is 11.8 Å². The van der Waals surface area contributed by atoms with Crippen LogP contribution in [0.15, 0.2) is 41.3 Å². The molecule has 0 saturated carbocycles. The molecule has 1 N–H and O–H groups in total. The fraction of sp³-hybridized carbons (Fsp3) is 0.118. The quantitative estimate of drug-likeness (QED) is 0.870. The van der Waals surface area contributed by atoms with Crippen molar-refractivity contribution in [1.29, 1.82) is 0 Å². The fourth-order valence-corrected chi connectivity index (χ4v) is 3.61. The van der Waals surface area contributed by atoms with Gasteiger partial charge < -0.3 is 10.1 Å². The van der Waals surface area contributed by atoms with Crippen LogP contribution in [0.25, 0.3) is 11.6 Å². The Balaban J connectivity index is 1.73. The number of ether oxygens (including phenoxy) is 1. The highest BCUT2D eigenvalue weighted by molar-refractivity contribution is 7.99. The van der Waals surface area contributed by atoms with Gasteiger partial charge in [-0.25, -0.2) is 4.39 Å². The standard InChI is InChI=1S/C17H12FNO2S/c18-13-2-4-16-11(6-13)5-12(9-22-16)10-1-3-15-14(7-10)19-17(20)8-21-15/h1-7H,8-9H2,(H,19,20). The Morgan fingerprint density at radius 1 is 1.18 bits per heavy atom. The predicted molar refractivity (Wildman–Crippen MR) is 85.6 cm³/mol. The van der Waals surface area contributed by atoms with Gasteiger partial charge in [0, 0.05) is 10.6 Å². The second-order valence-corrected chi connectivity index (χ2v) is 6.21. The van der Waals surface area contributed by atoms with Crippen LogP contribution in [-0.4, -0.2) is 18.3 Å². The average Bonchev–Trinajstić information content (AvgIpc) is 2.53. The number of amides is 1. The molecule has 2 aromatic rings. The monoisotopic (exact) mass is 313 g/mol. The average molecular weight is 313 g/mol. The number of thioether (sulfide) groups is 1. The van der Waals surface area contributed by atoms with Gasteiger partial charge in [-0.15, -0.1) is 11.8 Å². The van der Waals surface area contributed by atoms with Gasteiger partial charge in [0.15, 0.2) is 6.61 Å². The van der Waals surface area contributed by atoms with Gasteiger partial charge in [0.1, 0.15) is 11.6 Å². The first-order valence-corrected chi connectivity index (χ1v) is 7.87. The van der Waals surface area contributed by atoms with Crippen molar-refractivity contribution in [1.82, 2.24) is 0 Å². The van der Waals surface area contributed by atoms with Crippen molar-refractivity contribution in [2.75, 3.05) is 17.7 Å². The molecule has 0 bridgehead atoms. The molecule has 1 amide bonds. The summed E-state index contributed by atoms with van der Waals surface area (Å²) in [7, 11) is 0. The van der Waals surface area contributed by atoms with Crippen LogP contribution in [0.2, 0.25) is 0 Å². The molecular formula is C17H12FNO2S. The molecule has 5 heteroatoms. The molecule has 4 rings (SSSR count). The number of hydrogen-bond acceptors (Lipinski definition) is 3. The van der Waals surface area contributed by atoms with Crippen LogP contribution in [0.4, 0.5) is 10.1 Å². The van der Waals surface area contributed by atoms with E-state index in [1.165, 1.54) is 6.07 Å². The van der Waals surface area contributed by atoms with Gasteiger partial charge in [0.2, 0.25) is 0 Å². The largest absolute Gasteiger partial charge is 0.482 e. The summed E-state index contributed by atoms with van der Waals surface area (Å²) < 4.78 is 18.8. The summed E-state index contributed by atoms with van der Waals surface area (Å²) >= 11 is 1.68. The molecule has 3 nitrogen and oxygen atoms in total. The van der Waals surface area contributed by atoms with Crippen LogP contribution in [0.1, 0.15) is 11.1 Å². The third-order valence-corrected chi connectivity index (χ3v) is 4.81. The summed E-state index contributed by atoms with van der Waals surface area (Å²) in [5.74, 6) is 1.11. The van der Waals surface area contributed by atoms with E-state index in [1.807, 2.05) is 30.3 Å². The molecule has 2 aromatic carbocycles. The lowest BCUT2D eigenvalue weighted by Crippen LogP contribution is -2.25. The van der Waals surface area contributed by atoms with E-state index in [1.54, 1.807) is 17.8 Å². The number of nitrogens with one attached hydrogen (secondary N) is 1. The van der Waals surface area contributed by atoms with Crippen LogP contribution < -0.4 is 10.1 Å². The molecule has 0 unspecified atom stereocenters. The summed E-state index contributed by atoms with van der Waals surface area (Å²) in [5, 5.41) is 2.81. The topological polar surface area (TPSA) is 38.3 Å². The van der Waals surface area contributed by atoms with E-state index in [-0.39, 0.29) is 18.3 Å². The SMILES string of the molecule is O=C1COc2ccc(C3=Cc4cc(F)ccc4SC3)cc2N1. The third kappa shape index (κ3) is 2.37. The first-order chi connectivity index (χ1) is 10.7. The molecule has 0 spiro atoms. The number of benzene rings is 2. The van der Waals surface area contributed by atoms with Crippen molar-refractivity contribution in [3.05, 3.63) is 53.3 Å². The normalized spacial score (nSPS) is 16.0. The number of anilines is 1. The zero-order chi connectivity index (χ0) is 15.1. The summed E-state index contributed by atoms with van der Waals surface area (Å²) in [5.41, 5.74) is 3.69. The number of fused-ring (bicyclic) bond motifs is 2. The van der Waals surface area contributed by atoms with E-state index in [2.05, 4.69) is 5.32 Å². The molecule has 0 atom stereocenters. The Labute approximate surface area is 131 Å². The van der Waals surface area contributed by atoms with Crippen molar-refractivity contribution in [3.8, 4) is 5.75 Å². The molecule has 2 heterocycles. The van der Waals surface area contributed by atoms with Gasteiger partial charge in [-0.3, -0.25) is 4.79 Å². The Morgan fingerprint density at radius 3 is 3.00 bits per heavy atom. The Hall–Kier alpha value is -2.27. The van der Waals surface area contributed by atoms with Gasteiger partial charge in [-0.2, -0.15) is 0 Å². The van der Waals surface area contributed by atoms with E-state index in [4.69, 9.17) is 4.74 Å². The molecule has 110 valence electrons. The zero-order valence-corrected chi connectivity index (χ0v) is 12.4. The molecule has 0 aromatic heterocycles. The lowest BCUT2D eigenvalue weighted by molar-refractivity contribution is -0.118. The lowest BCUT2D eigenvalue weighted by atomic mass is 10.0. The van der Waals surface area contributed by atoms with E-state index in [9.17, 15) is 9.18 Å². The first-order valence-electron chi connectivity index (χ1n) is 6.89. The van der Waals surface area contributed by atoms with Gasteiger partial charge in [-0.1, -0.05) is 6.07 Å². The van der Waals surface area contributed by atoms with Crippen LogP contribution in [-0.2, 0) is 4.79 Å². The molecule has 2 aliphatic rings. The van der Waals surface area contributed by atoms with Crippen LogP contribution in [0.5, 0.6) is 5.75 Å². The number of carbonyl (C=O) groups excluding carboxylic acids is 1. The van der Waals surface area contributed by atoms with Crippen molar-refractivity contribution < 1.29 is 13.9 Å². The van der Waals surface area contributed by atoms with Crippen molar-refractivity contribution >= 4 is 35.0 Å². The summed E-state index contributed by atoms with van der Waals surface area (Å²) in [6.07, 6.45) is 2.00. The highest BCUT2D eigenvalue weighted by Crippen LogP contribution is 2.38. The minimum atomic E-state index is -0.233. The maximum Gasteiger partial charge on any atom is 0.262 e. The Morgan fingerprint density at radius 2 is 2.09 bits per heavy atom. The Kier molecular flexibility index (Phi) is 3.15. The Bertz CT molecular complexity index is 816. The summed E-state index contributed by atoms with van der Waals surface area (Å²) in [6.45, 7) is 0.0531. The van der Waals surface area contributed by atoms with E-state index in [0.717, 1.165) is 27.3 Å². The molecule has 0 radical (unpaired) electrons. The lowest BCUT2D eigenvalue weighted by Gasteiger charge is -2.21. The number of carbonyl (C=O) groups is 1. The van der Waals surface area contributed by atoms with Gasteiger partial charge in [0.05, 0.1) is 5.69 Å². The smallest absolute Gasteiger partial charge is 0.262 e. The second kappa shape index (κ2) is 5.18. The molecule has 0 saturated heterocycles. The highest BCUT2D eigenvalue weighted by Gasteiger charge is 2.18. The maximum atomic E-state index is 13.4.